The zero-order valence-corrected chi connectivity index (χ0v) is 11.2. The van der Waals surface area contributed by atoms with Gasteiger partial charge < -0.3 is 4.74 Å². The molecule has 1 aromatic rings. The van der Waals surface area contributed by atoms with Crippen LogP contribution < -0.4 is 9.88 Å². The number of carbonyl (C=O) groups is 2. The second kappa shape index (κ2) is 5.62. The number of rotatable bonds is 3. The molecule has 5 heteroatoms. The number of carbonyl (C=O) groups excluding carboxylic acids is 2. The number of pyridine rings is 1. The Morgan fingerprint density at radius 3 is 2.61 bits per heavy atom. The summed E-state index contributed by atoms with van der Waals surface area (Å²) in [5.74, 6) is 0. The van der Waals surface area contributed by atoms with E-state index in [1.807, 2.05) is 11.5 Å². The molecule has 1 heterocycles. The van der Waals surface area contributed by atoms with Gasteiger partial charge in [-0.05, 0) is 33.8 Å². The number of aromatic nitrogens is 1. The lowest BCUT2D eigenvalue weighted by Gasteiger charge is -2.19. The Balaban J connectivity index is 2.84. The molecule has 98 valence electrons. The van der Waals surface area contributed by atoms with E-state index >= 15 is 0 Å². The van der Waals surface area contributed by atoms with Gasteiger partial charge in [-0.15, -0.1) is 0 Å². The van der Waals surface area contributed by atoms with E-state index in [0.29, 0.717) is 17.8 Å². The van der Waals surface area contributed by atoms with Gasteiger partial charge in [-0.3, -0.25) is 10.1 Å². The van der Waals surface area contributed by atoms with Crippen molar-refractivity contribution in [1.29, 1.82) is 0 Å². The highest BCUT2D eigenvalue weighted by Gasteiger charge is 2.17. The average Bonchev–Trinajstić information content (AvgIpc) is 2.25. The molecule has 0 aliphatic heterocycles. The van der Waals surface area contributed by atoms with Crippen molar-refractivity contribution in [3.8, 4) is 0 Å². The van der Waals surface area contributed by atoms with Crippen LogP contribution in [0.2, 0.25) is 0 Å². The molecular formula is C13H19N2O3+. The fraction of sp³-hybridized carbons (Fsp3) is 0.462. The van der Waals surface area contributed by atoms with Crippen LogP contribution >= 0.6 is 0 Å². The Morgan fingerprint density at radius 1 is 1.44 bits per heavy atom. The van der Waals surface area contributed by atoms with Crippen molar-refractivity contribution >= 4 is 18.1 Å². The topological polar surface area (TPSA) is 59.3 Å². The van der Waals surface area contributed by atoms with Gasteiger partial charge in [0.25, 0.3) is 0 Å². The molecule has 0 aromatic carbocycles. The summed E-state index contributed by atoms with van der Waals surface area (Å²) >= 11 is 0. The van der Waals surface area contributed by atoms with Crippen LogP contribution in [0.15, 0.2) is 18.5 Å². The predicted molar refractivity (Wildman–Crippen MR) is 67.6 cm³/mol. The van der Waals surface area contributed by atoms with Crippen LogP contribution in [0.25, 0.3) is 0 Å². The van der Waals surface area contributed by atoms with Gasteiger partial charge in [-0.2, -0.15) is 0 Å². The number of aldehydes is 1. The molecule has 5 nitrogen and oxygen atoms in total. The molecular weight excluding hydrogens is 232 g/mol. The van der Waals surface area contributed by atoms with E-state index in [0.717, 1.165) is 6.29 Å². The van der Waals surface area contributed by atoms with Gasteiger partial charge in [0.2, 0.25) is 0 Å². The van der Waals surface area contributed by atoms with E-state index in [1.54, 1.807) is 39.2 Å². The third-order valence-electron chi connectivity index (χ3n) is 2.09. The van der Waals surface area contributed by atoms with Crippen LogP contribution in [-0.4, -0.2) is 18.0 Å². The highest BCUT2D eigenvalue weighted by molar-refractivity contribution is 5.86. The minimum Gasteiger partial charge on any atom is -0.444 e. The number of nitrogens with zero attached hydrogens (tertiary/aromatic N) is 1. The van der Waals surface area contributed by atoms with Gasteiger partial charge in [0.05, 0.1) is 5.56 Å². The first-order chi connectivity index (χ1) is 8.34. The Bertz CT molecular complexity index is 450. The SMILES string of the molecule is CC[n+]1cc(C=O)cc(NC(=O)OC(C)(C)C)c1. The Labute approximate surface area is 107 Å². The van der Waals surface area contributed by atoms with Gasteiger partial charge >= 0.3 is 6.09 Å². The van der Waals surface area contributed by atoms with Crippen LogP contribution in [0.4, 0.5) is 10.5 Å². The molecule has 0 atom stereocenters. The van der Waals surface area contributed by atoms with Crippen LogP contribution in [0, 0.1) is 0 Å². The molecule has 1 amide bonds. The van der Waals surface area contributed by atoms with Crippen molar-refractivity contribution in [3.05, 3.63) is 24.0 Å². The number of nitrogens with one attached hydrogen (secondary N) is 1. The number of ether oxygens (including phenoxy) is 1. The number of anilines is 1. The summed E-state index contributed by atoms with van der Waals surface area (Å²) in [6.45, 7) is 8.04. The van der Waals surface area contributed by atoms with E-state index in [9.17, 15) is 9.59 Å². The van der Waals surface area contributed by atoms with E-state index < -0.39 is 11.7 Å². The zero-order chi connectivity index (χ0) is 13.8. The van der Waals surface area contributed by atoms with E-state index in [1.165, 1.54) is 0 Å². The third kappa shape index (κ3) is 4.53. The maximum absolute atomic E-state index is 11.6. The summed E-state index contributed by atoms with van der Waals surface area (Å²) < 4.78 is 6.96. The Hall–Kier alpha value is -1.91. The minimum absolute atomic E-state index is 0.505. The molecule has 0 bridgehead atoms. The summed E-state index contributed by atoms with van der Waals surface area (Å²) in [4.78, 5) is 22.4. The second-order valence-corrected chi connectivity index (χ2v) is 4.93. The highest BCUT2D eigenvalue weighted by Crippen LogP contribution is 2.11. The monoisotopic (exact) mass is 251 g/mol. The van der Waals surface area contributed by atoms with Gasteiger partial charge in [-0.1, -0.05) is 0 Å². The lowest BCUT2D eigenvalue weighted by atomic mass is 10.2. The number of hydrogen-bond acceptors (Lipinski definition) is 3. The molecule has 0 aliphatic rings. The molecule has 1 N–H and O–H groups in total. The smallest absolute Gasteiger partial charge is 0.412 e. The first kappa shape index (κ1) is 14.2. The van der Waals surface area contributed by atoms with Crippen molar-refractivity contribution in [3.63, 3.8) is 0 Å². The standard InChI is InChI=1S/C13H18N2O3/c1-5-15-7-10(9-16)6-11(8-15)14-12(17)18-13(2,3)4/h6-9H,5H2,1-4H3/p+1. The third-order valence-corrected chi connectivity index (χ3v) is 2.09. The number of hydrogen-bond donors (Lipinski definition) is 1. The second-order valence-electron chi connectivity index (χ2n) is 4.93. The van der Waals surface area contributed by atoms with Crippen molar-refractivity contribution in [2.24, 2.45) is 0 Å². The van der Waals surface area contributed by atoms with Crippen LogP contribution in [0.3, 0.4) is 0 Å². The highest BCUT2D eigenvalue weighted by atomic mass is 16.6. The van der Waals surface area contributed by atoms with Crippen LogP contribution in [0.5, 0.6) is 0 Å². The van der Waals surface area contributed by atoms with E-state index in [-0.39, 0.29) is 0 Å². The first-order valence-corrected chi connectivity index (χ1v) is 5.83. The van der Waals surface area contributed by atoms with Gasteiger partial charge in [0.15, 0.2) is 18.7 Å². The van der Waals surface area contributed by atoms with Crippen molar-refractivity contribution in [2.45, 2.75) is 39.8 Å². The largest absolute Gasteiger partial charge is 0.444 e. The maximum Gasteiger partial charge on any atom is 0.412 e. The number of aryl methyl sites for hydroxylation is 1. The fourth-order valence-corrected chi connectivity index (χ4v) is 1.40. The van der Waals surface area contributed by atoms with Crippen molar-refractivity contribution in [1.82, 2.24) is 0 Å². The molecule has 0 fully saturated rings. The Kier molecular flexibility index (Phi) is 4.42. The molecule has 0 spiro atoms. The molecule has 1 rings (SSSR count). The summed E-state index contributed by atoms with van der Waals surface area (Å²) in [5, 5.41) is 2.61. The minimum atomic E-state index is -0.549. The van der Waals surface area contributed by atoms with Gasteiger partial charge in [0, 0.05) is 0 Å². The van der Waals surface area contributed by atoms with E-state index in [4.69, 9.17) is 4.74 Å². The molecule has 0 saturated heterocycles. The molecule has 1 aromatic heterocycles. The zero-order valence-electron chi connectivity index (χ0n) is 11.2. The Morgan fingerprint density at radius 2 is 2.11 bits per heavy atom. The van der Waals surface area contributed by atoms with Gasteiger partial charge in [0.1, 0.15) is 17.8 Å². The van der Waals surface area contributed by atoms with Crippen molar-refractivity contribution in [2.75, 3.05) is 5.32 Å². The van der Waals surface area contributed by atoms with Gasteiger partial charge in [-0.25, -0.2) is 9.36 Å². The summed E-state index contributed by atoms with van der Waals surface area (Å²) in [7, 11) is 0. The maximum atomic E-state index is 11.6. The molecule has 0 saturated carbocycles. The molecule has 0 unspecified atom stereocenters. The average molecular weight is 251 g/mol. The van der Waals surface area contributed by atoms with E-state index in [2.05, 4.69) is 5.32 Å². The normalized spacial score (nSPS) is 10.9. The van der Waals surface area contributed by atoms with Crippen molar-refractivity contribution < 1.29 is 18.9 Å². The van der Waals surface area contributed by atoms with Crippen LogP contribution in [-0.2, 0) is 11.3 Å². The molecule has 0 aliphatic carbocycles. The predicted octanol–water partition coefficient (Wildman–Crippen LogP) is 2.15. The molecule has 18 heavy (non-hydrogen) atoms. The first-order valence-electron chi connectivity index (χ1n) is 5.83. The lowest BCUT2D eigenvalue weighted by molar-refractivity contribution is -0.693. The lowest BCUT2D eigenvalue weighted by Crippen LogP contribution is -2.33. The summed E-state index contributed by atoms with van der Waals surface area (Å²) in [5.41, 5.74) is 0.494. The summed E-state index contributed by atoms with van der Waals surface area (Å²) in [6.07, 6.45) is 3.67. The van der Waals surface area contributed by atoms with Crippen LogP contribution in [0.1, 0.15) is 38.1 Å². The number of amides is 1. The summed E-state index contributed by atoms with van der Waals surface area (Å²) in [6, 6.07) is 1.60. The fourth-order valence-electron chi connectivity index (χ4n) is 1.40. The quantitative estimate of drug-likeness (QED) is 0.661. The molecule has 0 radical (unpaired) electrons.